The number of hydrogen-bond donors (Lipinski definition) is 2. The summed E-state index contributed by atoms with van der Waals surface area (Å²) >= 11 is 0. The van der Waals surface area contributed by atoms with Gasteiger partial charge in [-0.2, -0.15) is 0 Å². The van der Waals surface area contributed by atoms with E-state index < -0.39 is 5.97 Å². The van der Waals surface area contributed by atoms with Crippen molar-refractivity contribution in [2.75, 3.05) is 83.6 Å². The third-order valence-corrected chi connectivity index (χ3v) is 4.85. The van der Waals surface area contributed by atoms with Crippen LogP contribution in [0.25, 0.3) is 0 Å². The molecule has 0 saturated carbocycles. The molecule has 2 fully saturated rings. The van der Waals surface area contributed by atoms with Crippen LogP contribution in [0.4, 0.5) is 5.95 Å². The summed E-state index contributed by atoms with van der Waals surface area (Å²) in [5, 5.41) is 12.3. The highest BCUT2D eigenvalue weighted by Crippen LogP contribution is 2.10. The van der Waals surface area contributed by atoms with Crippen LogP contribution in [-0.4, -0.2) is 110 Å². The highest BCUT2D eigenvalue weighted by atomic mass is 16.5. The zero-order valence-corrected chi connectivity index (χ0v) is 15.1. The average molecular weight is 364 g/mol. The maximum atomic E-state index is 10.9. The second-order valence-corrected chi connectivity index (χ2v) is 6.61. The Balaban J connectivity index is 1.29. The van der Waals surface area contributed by atoms with Gasteiger partial charge in [0.1, 0.15) is 0 Å². The number of carboxylic acids is 1. The lowest BCUT2D eigenvalue weighted by molar-refractivity contribution is 0.0696. The van der Waals surface area contributed by atoms with Gasteiger partial charge in [0.15, 0.2) is 0 Å². The molecule has 0 aliphatic carbocycles. The van der Waals surface area contributed by atoms with Crippen molar-refractivity contribution >= 4 is 11.9 Å². The van der Waals surface area contributed by atoms with Crippen molar-refractivity contribution in [2.24, 2.45) is 0 Å². The molecule has 144 valence electrons. The van der Waals surface area contributed by atoms with Crippen molar-refractivity contribution in [3.8, 4) is 0 Å². The fraction of sp³-hybridized carbons (Fsp3) is 0.706. The molecule has 2 aliphatic heterocycles. The predicted octanol–water partition coefficient (Wildman–Crippen LogP) is -0.781. The van der Waals surface area contributed by atoms with E-state index in [2.05, 4.69) is 30.0 Å². The van der Waals surface area contributed by atoms with Crippen molar-refractivity contribution < 1.29 is 14.6 Å². The highest BCUT2D eigenvalue weighted by Gasteiger charge is 2.19. The summed E-state index contributed by atoms with van der Waals surface area (Å²) in [7, 11) is 0. The molecule has 1 aromatic heterocycles. The molecule has 2 N–H and O–H groups in total. The molecular formula is C17H28N6O3. The standard InChI is InChI=1S/C17H28N6O3/c24-16(25)15-13-19-17(20-14-15)23-7-5-22(6-8-23)10-12-26-11-9-21-3-1-18-2-4-21/h13-14,18H,1-12H2,(H,24,25). The Morgan fingerprint density at radius 3 is 2.15 bits per heavy atom. The largest absolute Gasteiger partial charge is 0.478 e. The van der Waals surface area contributed by atoms with Crippen molar-refractivity contribution in [1.82, 2.24) is 25.1 Å². The molecule has 26 heavy (non-hydrogen) atoms. The van der Waals surface area contributed by atoms with E-state index >= 15 is 0 Å². The van der Waals surface area contributed by atoms with Crippen molar-refractivity contribution in [1.29, 1.82) is 0 Å². The Morgan fingerprint density at radius 1 is 1.00 bits per heavy atom. The van der Waals surface area contributed by atoms with E-state index in [-0.39, 0.29) is 5.56 Å². The van der Waals surface area contributed by atoms with Crippen molar-refractivity contribution in [2.45, 2.75) is 0 Å². The Kier molecular flexibility index (Phi) is 7.13. The van der Waals surface area contributed by atoms with Crippen LogP contribution in [0, 0.1) is 0 Å². The SMILES string of the molecule is O=C(O)c1cnc(N2CCN(CCOCCN3CCNCC3)CC2)nc1. The summed E-state index contributed by atoms with van der Waals surface area (Å²) in [5.41, 5.74) is 0.116. The lowest BCUT2D eigenvalue weighted by atomic mass is 10.3. The molecule has 3 heterocycles. The second-order valence-electron chi connectivity index (χ2n) is 6.61. The minimum absolute atomic E-state index is 0.116. The van der Waals surface area contributed by atoms with Gasteiger partial charge in [-0.15, -0.1) is 0 Å². The third-order valence-electron chi connectivity index (χ3n) is 4.85. The first-order valence-corrected chi connectivity index (χ1v) is 9.26. The molecule has 0 radical (unpaired) electrons. The van der Waals surface area contributed by atoms with Crippen LogP contribution in [0.1, 0.15) is 10.4 Å². The number of carbonyl (C=O) groups is 1. The van der Waals surface area contributed by atoms with Crippen LogP contribution in [-0.2, 0) is 4.74 Å². The van der Waals surface area contributed by atoms with Gasteiger partial charge in [-0.3, -0.25) is 9.80 Å². The van der Waals surface area contributed by atoms with E-state index in [1.54, 1.807) is 0 Å². The van der Waals surface area contributed by atoms with Crippen LogP contribution in [0.3, 0.4) is 0 Å². The Labute approximate surface area is 154 Å². The molecule has 9 heteroatoms. The van der Waals surface area contributed by atoms with Gasteiger partial charge in [0.25, 0.3) is 0 Å². The summed E-state index contributed by atoms with van der Waals surface area (Å²) in [6, 6.07) is 0. The van der Waals surface area contributed by atoms with Gasteiger partial charge in [-0.25, -0.2) is 14.8 Å². The fourth-order valence-corrected chi connectivity index (χ4v) is 3.19. The minimum Gasteiger partial charge on any atom is -0.478 e. The highest BCUT2D eigenvalue weighted by molar-refractivity contribution is 5.86. The van der Waals surface area contributed by atoms with Crippen LogP contribution in [0.5, 0.6) is 0 Å². The summed E-state index contributed by atoms with van der Waals surface area (Å²) < 4.78 is 5.79. The summed E-state index contributed by atoms with van der Waals surface area (Å²) in [6.45, 7) is 11.4. The van der Waals surface area contributed by atoms with Crippen LogP contribution in [0.15, 0.2) is 12.4 Å². The van der Waals surface area contributed by atoms with Gasteiger partial charge in [0.2, 0.25) is 5.95 Å². The normalized spacial score (nSPS) is 19.6. The molecule has 0 spiro atoms. The zero-order valence-electron chi connectivity index (χ0n) is 15.1. The topological polar surface area (TPSA) is 94.1 Å². The molecule has 0 aromatic carbocycles. The Bertz CT molecular complexity index is 556. The molecule has 0 bridgehead atoms. The molecule has 0 unspecified atom stereocenters. The van der Waals surface area contributed by atoms with Gasteiger partial charge in [0.05, 0.1) is 18.8 Å². The van der Waals surface area contributed by atoms with Crippen molar-refractivity contribution in [3.05, 3.63) is 18.0 Å². The quantitative estimate of drug-likeness (QED) is 0.576. The molecule has 3 rings (SSSR count). The molecule has 2 saturated heterocycles. The van der Waals surface area contributed by atoms with Gasteiger partial charge in [-0.1, -0.05) is 0 Å². The number of aromatic carboxylic acids is 1. The van der Waals surface area contributed by atoms with E-state index in [4.69, 9.17) is 9.84 Å². The molecule has 0 atom stereocenters. The number of nitrogens with zero attached hydrogens (tertiary/aromatic N) is 5. The van der Waals surface area contributed by atoms with E-state index in [9.17, 15) is 4.79 Å². The summed E-state index contributed by atoms with van der Waals surface area (Å²) in [5.74, 6) is -0.403. The van der Waals surface area contributed by atoms with E-state index in [0.29, 0.717) is 5.95 Å². The van der Waals surface area contributed by atoms with Gasteiger partial charge in [0, 0.05) is 77.8 Å². The predicted molar refractivity (Wildman–Crippen MR) is 97.8 cm³/mol. The Morgan fingerprint density at radius 2 is 1.58 bits per heavy atom. The lowest BCUT2D eigenvalue weighted by Gasteiger charge is -2.34. The summed E-state index contributed by atoms with van der Waals surface area (Å²) in [6.07, 6.45) is 2.73. The molecule has 2 aliphatic rings. The monoisotopic (exact) mass is 364 g/mol. The molecular weight excluding hydrogens is 336 g/mol. The number of nitrogens with one attached hydrogen (secondary N) is 1. The van der Waals surface area contributed by atoms with Crippen LogP contribution < -0.4 is 10.2 Å². The number of aromatic nitrogens is 2. The van der Waals surface area contributed by atoms with Gasteiger partial charge in [-0.05, 0) is 0 Å². The molecule has 1 aromatic rings. The number of rotatable bonds is 8. The fourth-order valence-electron chi connectivity index (χ4n) is 3.19. The maximum absolute atomic E-state index is 10.9. The Hall–Kier alpha value is -1.81. The first-order chi connectivity index (χ1) is 12.7. The number of ether oxygens (including phenoxy) is 1. The van der Waals surface area contributed by atoms with Crippen molar-refractivity contribution in [3.63, 3.8) is 0 Å². The van der Waals surface area contributed by atoms with E-state index in [0.717, 1.165) is 78.7 Å². The minimum atomic E-state index is -1.00. The van der Waals surface area contributed by atoms with Crippen LogP contribution >= 0.6 is 0 Å². The molecule has 0 amide bonds. The lowest BCUT2D eigenvalue weighted by Crippen LogP contribution is -2.48. The maximum Gasteiger partial charge on any atom is 0.338 e. The number of hydrogen-bond acceptors (Lipinski definition) is 8. The second kappa shape index (κ2) is 9.77. The zero-order chi connectivity index (χ0) is 18.2. The molecule has 9 nitrogen and oxygen atoms in total. The average Bonchev–Trinajstić information content (AvgIpc) is 2.69. The first kappa shape index (κ1) is 19.0. The first-order valence-electron chi connectivity index (χ1n) is 9.26. The number of carboxylic acid groups (broad SMARTS) is 1. The summed E-state index contributed by atoms with van der Waals surface area (Å²) in [4.78, 5) is 26.1. The number of anilines is 1. The van der Waals surface area contributed by atoms with Gasteiger partial charge >= 0.3 is 5.97 Å². The third kappa shape index (κ3) is 5.60. The van der Waals surface area contributed by atoms with E-state index in [1.807, 2.05) is 0 Å². The van der Waals surface area contributed by atoms with E-state index in [1.165, 1.54) is 12.4 Å². The van der Waals surface area contributed by atoms with Gasteiger partial charge < -0.3 is 20.1 Å². The van der Waals surface area contributed by atoms with Crippen LogP contribution in [0.2, 0.25) is 0 Å². The number of piperazine rings is 2. The smallest absolute Gasteiger partial charge is 0.338 e.